The van der Waals surface area contributed by atoms with Gasteiger partial charge in [0, 0.05) is 45.0 Å². The van der Waals surface area contributed by atoms with Crippen LogP contribution in [0.25, 0.3) is 10.8 Å². The zero-order valence-corrected chi connectivity index (χ0v) is 18.5. The highest BCUT2D eigenvalue weighted by Crippen LogP contribution is 2.32. The Morgan fingerprint density at radius 2 is 1.67 bits per heavy atom. The monoisotopic (exact) mass is 467 g/mol. The van der Waals surface area contributed by atoms with Gasteiger partial charge < -0.3 is 15.0 Å². The van der Waals surface area contributed by atoms with Crippen molar-refractivity contribution in [3.63, 3.8) is 0 Å². The van der Waals surface area contributed by atoms with Crippen LogP contribution < -0.4 is 15.0 Å². The SMILES string of the molecule is O=C(COc1ccc2ccccc2c1Br)NCCN1CCN(c2ccccc2)CC1. The maximum atomic E-state index is 12.2. The summed E-state index contributed by atoms with van der Waals surface area (Å²) < 4.78 is 6.61. The van der Waals surface area contributed by atoms with Crippen molar-refractivity contribution in [3.8, 4) is 5.75 Å². The van der Waals surface area contributed by atoms with Crippen molar-refractivity contribution in [1.82, 2.24) is 10.2 Å². The predicted molar refractivity (Wildman–Crippen MR) is 125 cm³/mol. The molecule has 0 bridgehead atoms. The number of nitrogens with one attached hydrogen (secondary N) is 1. The third kappa shape index (κ3) is 5.12. The molecule has 3 aromatic carbocycles. The van der Waals surface area contributed by atoms with Gasteiger partial charge in [-0.3, -0.25) is 9.69 Å². The van der Waals surface area contributed by atoms with E-state index in [-0.39, 0.29) is 12.5 Å². The van der Waals surface area contributed by atoms with Crippen molar-refractivity contribution >= 4 is 38.3 Å². The molecule has 4 rings (SSSR count). The van der Waals surface area contributed by atoms with E-state index in [1.165, 1.54) is 5.69 Å². The summed E-state index contributed by atoms with van der Waals surface area (Å²) in [5, 5.41) is 5.17. The lowest BCUT2D eigenvalue weighted by Gasteiger charge is -2.36. The Kier molecular flexibility index (Phi) is 6.87. The van der Waals surface area contributed by atoms with Crippen LogP contribution in [0.1, 0.15) is 0 Å². The molecule has 1 N–H and O–H groups in total. The number of nitrogens with zero attached hydrogens (tertiary/aromatic N) is 2. The van der Waals surface area contributed by atoms with Crippen LogP contribution in [-0.2, 0) is 4.79 Å². The zero-order chi connectivity index (χ0) is 20.8. The molecule has 0 unspecified atom stereocenters. The largest absolute Gasteiger partial charge is 0.483 e. The summed E-state index contributed by atoms with van der Waals surface area (Å²) in [6.45, 7) is 5.53. The number of amides is 1. The third-order valence-corrected chi connectivity index (χ3v) is 6.25. The molecule has 1 aliphatic heterocycles. The molecule has 0 saturated carbocycles. The van der Waals surface area contributed by atoms with E-state index in [0.717, 1.165) is 48.0 Å². The smallest absolute Gasteiger partial charge is 0.257 e. The first kappa shape index (κ1) is 20.7. The molecule has 30 heavy (non-hydrogen) atoms. The van der Waals surface area contributed by atoms with Crippen molar-refractivity contribution in [2.75, 3.05) is 50.8 Å². The minimum atomic E-state index is -0.0991. The van der Waals surface area contributed by atoms with E-state index in [2.05, 4.69) is 61.4 Å². The quantitative estimate of drug-likeness (QED) is 0.571. The second-order valence-corrected chi connectivity index (χ2v) is 8.19. The highest BCUT2D eigenvalue weighted by molar-refractivity contribution is 9.10. The predicted octanol–water partition coefficient (Wildman–Crippen LogP) is 3.92. The van der Waals surface area contributed by atoms with Gasteiger partial charge in [-0.15, -0.1) is 0 Å². The number of carbonyl (C=O) groups is 1. The van der Waals surface area contributed by atoms with Gasteiger partial charge in [0.25, 0.3) is 5.91 Å². The van der Waals surface area contributed by atoms with Gasteiger partial charge in [0.05, 0.1) is 4.47 Å². The van der Waals surface area contributed by atoms with E-state index in [9.17, 15) is 4.79 Å². The summed E-state index contributed by atoms with van der Waals surface area (Å²) in [5.41, 5.74) is 1.28. The molecule has 0 atom stereocenters. The molecule has 1 fully saturated rings. The molecule has 0 spiro atoms. The number of ether oxygens (including phenoxy) is 1. The molecular weight excluding hydrogens is 442 g/mol. The maximum absolute atomic E-state index is 12.2. The normalized spacial score (nSPS) is 14.6. The number of fused-ring (bicyclic) bond motifs is 1. The first-order valence-electron chi connectivity index (χ1n) is 10.3. The fraction of sp³-hybridized carbons (Fsp3) is 0.292. The van der Waals surface area contributed by atoms with Crippen molar-refractivity contribution in [1.29, 1.82) is 0 Å². The Balaban J connectivity index is 1.18. The van der Waals surface area contributed by atoms with E-state index < -0.39 is 0 Å². The number of para-hydroxylation sites is 1. The molecule has 1 heterocycles. The van der Waals surface area contributed by atoms with Crippen LogP contribution in [0.5, 0.6) is 5.75 Å². The Morgan fingerprint density at radius 3 is 2.47 bits per heavy atom. The fourth-order valence-corrected chi connectivity index (χ4v) is 4.35. The van der Waals surface area contributed by atoms with Gasteiger partial charge in [-0.2, -0.15) is 0 Å². The lowest BCUT2D eigenvalue weighted by molar-refractivity contribution is -0.123. The van der Waals surface area contributed by atoms with E-state index in [1.807, 2.05) is 36.4 Å². The summed E-state index contributed by atoms with van der Waals surface area (Å²) >= 11 is 3.59. The summed E-state index contributed by atoms with van der Waals surface area (Å²) in [7, 11) is 0. The second kappa shape index (κ2) is 9.96. The van der Waals surface area contributed by atoms with Crippen molar-refractivity contribution in [2.24, 2.45) is 0 Å². The minimum Gasteiger partial charge on any atom is -0.483 e. The van der Waals surface area contributed by atoms with Crippen LogP contribution >= 0.6 is 15.9 Å². The highest BCUT2D eigenvalue weighted by atomic mass is 79.9. The molecule has 0 aromatic heterocycles. The second-order valence-electron chi connectivity index (χ2n) is 7.40. The molecular formula is C24H26BrN3O2. The van der Waals surface area contributed by atoms with Gasteiger partial charge in [-0.05, 0) is 44.9 Å². The maximum Gasteiger partial charge on any atom is 0.257 e. The Bertz CT molecular complexity index is 988. The minimum absolute atomic E-state index is 0.0126. The number of rotatable bonds is 7. The highest BCUT2D eigenvalue weighted by Gasteiger charge is 2.17. The van der Waals surface area contributed by atoms with Crippen LogP contribution in [0.2, 0.25) is 0 Å². The molecule has 1 aliphatic rings. The molecule has 3 aromatic rings. The lowest BCUT2D eigenvalue weighted by atomic mass is 10.1. The molecule has 0 aliphatic carbocycles. The first-order valence-corrected chi connectivity index (χ1v) is 11.1. The van der Waals surface area contributed by atoms with E-state index in [0.29, 0.717) is 12.3 Å². The van der Waals surface area contributed by atoms with Gasteiger partial charge in [-0.25, -0.2) is 0 Å². The summed E-state index contributed by atoms with van der Waals surface area (Å²) in [6, 6.07) is 22.5. The molecule has 1 amide bonds. The number of benzene rings is 3. The van der Waals surface area contributed by atoms with Gasteiger partial charge in [0.15, 0.2) is 6.61 Å². The molecule has 156 valence electrons. The van der Waals surface area contributed by atoms with E-state index >= 15 is 0 Å². The molecule has 6 heteroatoms. The Morgan fingerprint density at radius 1 is 0.933 bits per heavy atom. The number of halogens is 1. The van der Waals surface area contributed by atoms with Crippen LogP contribution in [-0.4, -0.2) is 56.7 Å². The van der Waals surface area contributed by atoms with E-state index in [1.54, 1.807) is 0 Å². The van der Waals surface area contributed by atoms with Crippen LogP contribution in [0.4, 0.5) is 5.69 Å². The number of piperazine rings is 1. The van der Waals surface area contributed by atoms with Crippen LogP contribution in [0.15, 0.2) is 71.2 Å². The number of carbonyl (C=O) groups excluding carboxylic acids is 1. The average molecular weight is 468 g/mol. The van der Waals surface area contributed by atoms with Gasteiger partial charge in [-0.1, -0.05) is 48.5 Å². The van der Waals surface area contributed by atoms with Crippen molar-refractivity contribution in [2.45, 2.75) is 0 Å². The van der Waals surface area contributed by atoms with Crippen LogP contribution in [0, 0.1) is 0 Å². The Labute approximate surface area is 185 Å². The topological polar surface area (TPSA) is 44.8 Å². The van der Waals surface area contributed by atoms with Gasteiger partial charge in [0.2, 0.25) is 0 Å². The summed E-state index contributed by atoms with van der Waals surface area (Å²) in [5.74, 6) is 0.582. The lowest BCUT2D eigenvalue weighted by Crippen LogP contribution is -2.48. The van der Waals surface area contributed by atoms with Crippen molar-refractivity contribution < 1.29 is 9.53 Å². The standard InChI is InChI=1S/C24H26BrN3O2/c25-24-21-9-5-4-6-19(21)10-11-22(24)30-18-23(29)26-12-13-27-14-16-28(17-15-27)20-7-2-1-3-8-20/h1-11H,12-18H2,(H,26,29). The zero-order valence-electron chi connectivity index (χ0n) is 16.9. The first-order chi connectivity index (χ1) is 14.7. The molecule has 1 saturated heterocycles. The Hall–Kier alpha value is -2.57. The van der Waals surface area contributed by atoms with Gasteiger partial charge in [0.1, 0.15) is 5.75 Å². The van der Waals surface area contributed by atoms with Crippen molar-refractivity contribution in [3.05, 3.63) is 71.2 Å². The molecule has 0 radical (unpaired) electrons. The number of anilines is 1. The fourth-order valence-electron chi connectivity index (χ4n) is 3.74. The van der Waals surface area contributed by atoms with Crippen LogP contribution in [0.3, 0.4) is 0 Å². The average Bonchev–Trinajstić information content (AvgIpc) is 2.80. The third-order valence-electron chi connectivity index (χ3n) is 5.43. The number of hydrogen-bond acceptors (Lipinski definition) is 4. The summed E-state index contributed by atoms with van der Waals surface area (Å²) in [6.07, 6.45) is 0. The van der Waals surface area contributed by atoms with Gasteiger partial charge >= 0.3 is 0 Å². The van der Waals surface area contributed by atoms with E-state index in [4.69, 9.17) is 4.74 Å². The number of hydrogen-bond donors (Lipinski definition) is 1. The summed E-state index contributed by atoms with van der Waals surface area (Å²) in [4.78, 5) is 17.0. The molecule has 5 nitrogen and oxygen atoms in total.